The Balaban J connectivity index is 1.79. The molecule has 0 spiro atoms. The number of rotatable bonds is 4. The Hall–Kier alpha value is -2.59. The van der Waals surface area contributed by atoms with Crippen LogP contribution in [0, 0.1) is 0 Å². The molecule has 1 aliphatic heterocycles. The number of allylic oxidation sites excluding steroid dienone is 1. The van der Waals surface area contributed by atoms with Gasteiger partial charge in [-0.2, -0.15) is 0 Å². The Labute approximate surface area is 129 Å². The van der Waals surface area contributed by atoms with E-state index in [1.807, 2.05) is 67.6 Å². The van der Waals surface area contributed by atoms with E-state index in [1.54, 1.807) is 5.01 Å². The molecule has 1 heterocycles. The van der Waals surface area contributed by atoms with Gasteiger partial charge in [0.25, 0.3) is 0 Å². The number of aliphatic hydroxyl groups is 1. The van der Waals surface area contributed by atoms with Gasteiger partial charge in [0.05, 0.1) is 11.3 Å². The predicted octanol–water partition coefficient (Wildman–Crippen LogP) is 2.42. The summed E-state index contributed by atoms with van der Waals surface area (Å²) in [4.78, 5) is 12.5. The van der Waals surface area contributed by atoms with Gasteiger partial charge in [-0.05, 0) is 24.6 Å². The quantitative estimate of drug-likeness (QED) is 0.909. The second kappa shape index (κ2) is 6.03. The summed E-state index contributed by atoms with van der Waals surface area (Å²) in [5.41, 5.74) is 5.95. The molecule has 2 N–H and O–H groups in total. The van der Waals surface area contributed by atoms with E-state index in [1.165, 1.54) is 0 Å². The van der Waals surface area contributed by atoms with Crippen LogP contribution < -0.4 is 10.4 Å². The van der Waals surface area contributed by atoms with E-state index in [4.69, 9.17) is 0 Å². The van der Waals surface area contributed by atoms with Gasteiger partial charge >= 0.3 is 0 Å². The normalized spacial score (nSPS) is 17.5. The maximum atomic E-state index is 12.5. The summed E-state index contributed by atoms with van der Waals surface area (Å²) >= 11 is 0. The molecular weight excluding hydrogens is 276 g/mol. The fourth-order valence-electron chi connectivity index (χ4n) is 2.65. The van der Waals surface area contributed by atoms with Crippen molar-refractivity contribution in [3.63, 3.8) is 0 Å². The predicted molar refractivity (Wildman–Crippen MR) is 85.9 cm³/mol. The van der Waals surface area contributed by atoms with E-state index in [2.05, 4.69) is 5.43 Å². The number of anilines is 1. The van der Waals surface area contributed by atoms with Crippen molar-refractivity contribution in [1.29, 1.82) is 0 Å². The molecule has 2 aromatic rings. The number of para-hydroxylation sites is 1. The standard InChI is InChI=1S/C18H18N2O2/c1-13-17(16(21)12-14-8-4-2-5-9-14)18(22)20(19-13)15-10-6-3-7-11-15/h2-11,18-19,22H,12H2,1H3. The first-order valence-electron chi connectivity index (χ1n) is 7.23. The molecule has 0 amide bonds. The van der Waals surface area contributed by atoms with Crippen LogP contribution in [-0.2, 0) is 11.2 Å². The molecule has 3 rings (SSSR count). The van der Waals surface area contributed by atoms with Crippen LogP contribution in [0.1, 0.15) is 12.5 Å². The minimum absolute atomic E-state index is 0.0675. The van der Waals surface area contributed by atoms with Crippen molar-refractivity contribution in [2.24, 2.45) is 0 Å². The zero-order valence-corrected chi connectivity index (χ0v) is 12.4. The van der Waals surface area contributed by atoms with Gasteiger partial charge < -0.3 is 5.11 Å². The molecule has 22 heavy (non-hydrogen) atoms. The van der Waals surface area contributed by atoms with E-state index in [9.17, 15) is 9.90 Å². The second-order valence-electron chi connectivity index (χ2n) is 5.32. The van der Waals surface area contributed by atoms with E-state index >= 15 is 0 Å². The van der Waals surface area contributed by atoms with Gasteiger partial charge in [-0.15, -0.1) is 0 Å². The molecule has 0 fully saturated rings. The lowest BCUT2D eigenvalue weighted by Crippen LogP contribution is -2.40. The van der Waals surface area contributed by atoms with Crippen molar-refractivity contribution in [2.75, 3.05) is 5.01 Å². The molecule has 0 bridgehead atoms. The minimum Gasteiger partial charge on any atom is -0.368 e. The summed E-state index contributed by atoms with van der Waals surface area (Å²) < 4.78 is 0. The van der Waals surface area contributed by atoms with Crippen molar-refractivity contribution in [2.45, 2.75) is 19.6 Å². The molecule has 112 valence electrons. The maximum absolute atomic E-state index is 12.5. The van der Waals surface area contributed by atoms with Crippen LogP contribution in [-0.4, -0.2) is 17.1 Å². The second-order valence-corrected chi connectivity index (χ2v) is 5.32. The van der Waals surface area contributed by atoms with Gasteiger partial charge in [0.15, 0.2) is 12.0 Å². The molecular formula is C18H18N2O2. The zero-order valence-electron chi connectivity index (χ0n) is 12.4. The van der Waals surface area contributed by atoms with Crippen LogP contribution in [0.3, 0.4) is 0 Å². The highest BCUT2D eigenvalue weighted by Crippen LogP contribution is 2.26. The summed E-state index contributed by atoms with van der Waals surface area (Å²) in [6, 6.07) is 19.0. The lowest BCUT2D eigenvalue weighted by molar-refractivity contribution is -0.115. The molecule has 0 saturated carbocycles. The highest BCUT2D eigenvalue weighted by atomic mass is 16.3. The highest BCUT2D eigenvalue weighted by molar-refractivity contribution is 5.99. The fraction of sp³-hybridized carbons (Fsp3) is 0.167. The Morgan fingerprint density at radius 3 is 2.32 bits per heavy atom. The lowest BCUT2D eigenvalue weighted by Gasteiger charge is -2.24. The average Bonchev–Trinajstić information content (AvgIpc) is 2.84. The van der Waals surface area contributed by atoms with Crippen LogP contribution in [0.2, 0.25) is 0 Å². The summed E-state index contributed by atoms with van der Waals surface area (Å²) in [7, 11) is 0. The third-order valence-corrected chi connectivity index (χ3v) is 3.74. The number of nitrogens with zero attached hydrogens (tertiary/aromatic N) is 1. The third-order valence-electron chi connectivity index (χ3n) is 3.74. The summed E-state index contributed by atoms with van der Waals surface area (Å²) in [5, 5.41) is 12.1. The zero-order chi connectivity index (χ0) is 15.5. The smallest absolute Gasteiger partial charge is 0.176 e. The number of carbonyl (C=O) groups excluding carboxylic acids is 1. The summed E-state index contributed by atoms with van der Waals surface area (Å²) in [5.74, 6) is -0.0675. The molecule has 4 nitrogen and oxygen atoms in total. The molecule has 1 aliphatic rings. The number of carbonyl (C=O) groups is 1. The van der Waals surface area contributed by atoms with Crippen LogP contribution in [0.15, 0.2) is 71.9 Å². The van der Waals surface area contributed by atoms with Crippen LogP contribution in [0.25, 0.3) is 0 Å². The average molecular weight is 294 g/mol. The number of Topliss-reactive ketones (excluding diaryl/α,β-unsaturated/α-hetero) is 1. The Morgan fingerprint density at radius 2 is 1.68 bits per heavy atom. The van der Waals surface area contributed by atoms with E-state index in [0.717, 1.165) is 11.3 Å². The first-order chi connectivity index (χ1) is 10.7. The molecule has 1 unspecified atom stereocenters. The van der Waals surface area contributed by atoms with Gasteiger partial charge in [0.2, 0.25) is 0 Å². The van der Waals surface area contributed by atoms with Gasteiger partial charge in [0.1, 0.15) is 0 Å². The van der Waals surface area contributed by atoms with E-state index in [-0.39, 0.29) is 12.2 Å². The molecule has 1 atom stereocenters. The highest BCUT2D eigenvalue weighted by Gasteiger charge is 2.33. The van der Waals surface area contributed by atoms with Crippen molar-refractivity contribution in [1.82, 2.24) is 5.43 Å². The SMILES string of the molecule is CC1=C(C(=O)Cc2ccccc2)C(O)N(c2ccccc2)N1. The number of nitrogens with one attached hydrogen (secondary N) is 1. The van der Waals surface area contributed by atoms with Crippen LogP contribution in [0.5, 0.6) is 0 Å². The first-order valence-corrected chi connectivity index (χ1v) is 7.23. The van der Waals surface area contributed by atoms with Gasteiger partial charge in [0, 0.05) is 12.1 Å². The number of ketones is 1. The van der Waals surface area contributed by atoms with Gasteiger partial charge in [-0.3, -0.25) is 15.2 Å². The fourth-order valence-corrected chi connectivity index (χ4v) is 2.65. The summed E-state index contributed by atoms with van der Waals surface area (Å²) in [6.07, 6.45) is -0.687. The first kappa shape index (κ1) is 14.4. The van der Waals surface area contributed by atoms with Crippen LogP contribution >= 0.6 is 0 Å². The van der Waals surface area contributed by atoms with Gasteiger partial charge in [-0.1, -0.05) is 48.5 Å². The Kier molecular flexibility index (Phi) is 3.94. The molecule has 2 aromatic carbocycles. The van der Waals surface area contributed by atoms with Crippen molar-refractivity contribution >= 4 is 11.5 Å². The van der Waals surface area contributed by atoms with Crippen molar-refractivity contribution < 1.29 is 9.90 Å². The number of aliphatic hydroxyl groups excluding tert-OH is 1. The number of hydrogen-bond acceptors (Lipinski definition) is 4. The molecule has 0 saturated heterocycles. The van der Waals surface area contributed by atoms with Crippen molar-refractivity contribution in [3.05, 3.63) is 77.5 Å². The van der Waals surface area contributed by atoms with Gasteiger partial charge in [-0.25, -0.2) is 0 Å². The Morgan fingerprint density at radius 1 is 1.09 bits per heavy atom. The van der Waals surface area contributed by atoms with E-state index in [0.29, 0.717) is 11.3 Å². The summed E-state index contributed by atoms with van der Waals surface area (Å²) in [6.45, 7) is 1.81. The number of hydrazine groups is 1. The maximum Gasteiger partial charge on any atom is 0.176 e. The Bertz CT molecular complexity index is 696. The lowest BCUT2D eigenvalue weighted by atomic mass is 10.0. The number of hydrogen-bond donors (Lipinski definition) is 2. The third kappa shape index (κ3) is 2.73. The molecule has 0 aromatic heterocycles. The number of benzene rings is 2. The van der Waals surface area contributed by atoms with Crippen molar-refractivity contribution in [3.8, 4) is 0 Å². The topological polar surface area (TPSA) is 52.6 Å². The van der Waals surface area contributed by atoms with Crippen LogP contribution in [0.4, 0.5) is 5.69 Å². The monoisotopic (exact) mass is 294 g/mol. The largest absolute Gasteiger partial charge is 0.368 e. The molecule has 4 heteroatoms. The minimum atomic E-state index is -0.974. The van der Waals surface area contributed by atoms with E-state index < -0.39 is 6.23 Å². The molecule has 0 aliphatic carbocycles. The molecule has 0 radical (unpaired) electrons.